The number of rotatable bonds is 6. The van der Waals surface area contributed by atoms with E-state index in [0.29, 0.717) is 25.4 Å². The van der Waals surface area contributed by atoms with Gasteiger partial charge in [0.1, 0.15) is 0 Å². The fourth-order valence-electron chi connectivity index (χ4n) is 6.01. The molecule has 0 aliphatic carbocycles. The van der Waals surface area contributed by atoms with Gasteiger partial charge < -0.3 is 5.11 Å². The number of hydrogen-bond donors (Lipinski definition) is 1. The van der Waals surface area contributed by atoms with E-state index in [2.05, 4.69) is 4.90 Å². The standard InChI is InChI=1S/C22H31F3N2O3S/c23-22(24,25)17-8-10-18(11-9-17)31(29,30)27-15-16-5-3-12-26-13-4-6-19(21(16)26)20(27)7-1-2-14-28/h8-11,16,19-21,28H,1-7,12-15H2/t16-,19-,20-,21+/m1/s1. The number of alkyl halides is 3. The van der Waals surface area contributed by atoms with Crippen LogP contribution in [0.3, 0.4) is 0 Å². The molecule has 1 aromatic carbocycles. The van der Waals surface area contributed by atoms with Gasteiger partial charge in [-0.3, -0.25) is 4.90 Å². The Labute approximate surface area is 182 Å². The number of nitrogens with zero attached hydrogens (tertiary/aromatic N) is 2. The molecule has 9 heteroatoms. The summed E-state index contributed by atoms with van der Waals surface area (Å²) >= 11 is 0. The summed E-state index contributed by atoms with van der Waals surface area (Å²) in [6, 6.07) is 4.08. The Morgan fingerprint density at radius 2 is 1.71 bits per heavy atom. The Morgan fingerprint density at radius 3 is 2.35 bits per heavy atom. The van der Waals surface area contributed by atoms with Gasteiger partial charge in [0.2, 0.25) is 10.0 Å². The molecule has 0 radical (unpaired) electrons. The average Bonchev–Trinajstić information content (AvgIpc) is 2.75. The fraction of sp³-hybridized carbons (Fsp3) is 0.727. The van der Waals surface area contributed by atoms with Crippen molar-refractivity contribution in [2.45, 2.75) is 68.1 Å². The van der Waals surface area contributed by atoms with Gasteiger partial charge in [-0.1, -0.05) is 0 Å². The highest BCUT2D eigenvalue weighted by molar-refractivity contribution is 7.89. The van der Waals surface area contributed by atoms with Crippen molar-refractivity contribution in [1.82, 2.24) is 9.21 Å². The monoisotopic (exact) mass is 460 g/mol. The molecule has 3 aliphatic heterocycles. The largest absolute Gasteiger partial charge is 0.416 e. The lowest BCUT2D eigenvalue weighted by molar-refractivity contribution is -0.137. The van der Waals surface area contributed by atoms with Gasteiger partial charge in [0.15, 0.2) is 0 Å². The number of piperidine rings is 3. The summed E-state index contributed by atoms with van der Waals surface area (Å²) in [4.78, 5) is 2.46. The molecule has 3 saturated heterocycles. The van der Waals surface area contributed by atoms with E-state index in [0.717, 1.165) is 69.5 Å². The zero-order valence-electron chi connectivity index (χ0n) is 17.6. The van der Waals surface area contributed by atoms with Crippen LogP contribution < -0.4 is 0 Å². The molecule has 0 spiro atoms. The normalized spacial score (nSPS) is 30.2. The highest BCUT2D eigenvalue weighted by Gasteiger charge is 2.51. The molecule has 3 heterocycles. The van der Waals surface area contributed by atoms with Crippen LogP contribution in [0.15, 0.2) is 29.2 Å². The zero-order valence-corrected chi connectivity index (χ0v) is 18.4. The number of aliphatic hydroxyl groups is 1. The lowest BCUT2D eigenvalue weighted by Gasteiger charge is -2.57. The second-order valence-electron chi connectivity index (χ2n) is 9.12. The molecule has 4 rings (SSSR count). The third-order valence-electron chi connectivity index (χ3n) is 7.32. The van der Waals surface area contributed by atoms with Crippen molar-refractivity contribution in [2.24, 2.45) is 11.8 Å². The van der Waals surface area contributed by atoms with Gasteiger partial charge in [-0.15, -0.1) is 0 Å². The van der Waals surface area contributed by atoms with Crippen molar-refractivity contribution in [3.8, 4) is 0 Å². The first kappa shape index (κ1) is 23.0. The van der Waals surface area contributed by atoms with Gasteiger partial charge in [-0.05, 0) is 94.1 Å². The minimum absolute atomic E-state index is 0.0707. The van der Waals surface area contributed by atoms with E-state index < -0.39 is 21.8 Å². The second kappa shape index (κ2) is 9.00. The van der Waals surface area contributed by atoms with Crippen LogP contribution in [0.5, 0.6) is 0 Å². The minimum atomic E-state index is -4.50. The van der Waals surface area contributed by atoms with Crippen LogP contribution in [-0.2, 0) is 16.2 Å². The van der Waals surface area contributed by atoms with Crippen LogP contribution in [0, 0.1) is 11.8 Å². The number of halogens is 3. The molecule has 5 nitrogen and oxygen atoms in total. The van der Waals surface area contributed by atoms with E-state index >= 15 is 0 Å². The zero-order chi connectivity index (χ0) is 22.2. The van der Waals surface area contributed by atoms with E-state index in [1.54, 1.807) is 4.31 Å². The summed E-state index contributed by atoms with van der Waals surface area (Å²) < 4.78 is 67.6. The molecule has 0 amide bonds. The number of aliphatic hydroxyl groups excluding tert-OH is 1. The van der Waals surface area contributed by atoms with E-state index in [9.17, 15) is 26.7 Å². The molecule has 0 saturated carbocycles. The van der Waals surface area contributed by atoms with E-state index in [4.69, 9.17) is 0 Å². The van der Waals surface area contributed by atoms with Gasteiger partial charge >= 0.3 is 6.18 Å². The molecule has 3 fully saturated rings. The summed E-state index contributed by atoms with van der Waals surface area (Å²) in [5, 5.41) is 9.22. The summed E-state index contributed by atoms with van der Waals surface area (Å²) in [6.45, 7) is 2.62. The first-order valence-electron chi connectivity index (χ1n) is 11.3. The Hall–Kier alpha value is -1.16. The summed E-state index contributed by atoms with van der Waals surface area (Å²) in [5.74, 6) is 0.494. The lowest BCUT2D eigenvalue weighted by atomic mass is 9.70. The maximum absolute atomic E-state index is 13.6. The smallest absolute Gasteiger partial charge is 0.396 e. The van der Waals surface area contributed by atoms with Gasteiger partial charge in [0.25, 0.3) is 0 Å². The van der Waals surface area contributed by atoms with E-state index in [1.807, 2.05) is 0 Å². The van der Waals surface area contributed by atoms with Crippen LogP contribution >= 0.6 is 0 Å². The lowest BCUT2D eigenvalue weighted by Crippen LogP contribution is -2.65. The quantitative estimate of drug-likeness (QED) is 0.658. The maximum atomic E-state index is 13.6. The van der Waals surface area contributed by atoms with Gasteiger partial charge in [-0.25, -0.2) is 8.42 Å². The number of hydrogen-bond acceptors (Lipinski definition) is 4. The maximum Gasteiger partial charge on any atom is 0.416 e. The number of unbranched alkanes of at least 4 members (excludes halogenated alkanes) is 1. The Kier molecular flexibility index (Phi) is 6.68. The fourth-order valence-corrected chi connectivity index (χ4v) is 7.76. The second-order valence-corrected chi connectivity index (χ2v) is 11.0. The Morgan fingerprint density at radius 1 is 1.03 bits per heavy atom. The molecule has 174 valence electrons. The molecule has 0 bridgehead atoms. The van der Waals surface area contributed by atoms with Crippen molar-refractivity contribution >= 4 is 10.0 Å². The van der Waals surface area contributed by atoms with E-state index in [-0.39, 0.29) is 29.4 Å². The predicted molar refractivity (Wildman–Crippen MR) is 111 cm³/mol. The number of benzene rings is 1. The highest BCUT2D eigenvalue weighted by atomic mass is 32.2. The van der Waals surface area contributed by atoms with Crippen molar-refractivity contribution in [2.75, 3.05) is 26.2 Å². The third kappa shape index (κ3) is 4.51. The van der Waals surface area contributed by atoms with Crippen LogP contribution in [0.25, 0.3) is 0 Å². The van der Waals surface area contributed by atoms with Crippen LogP contribution in [-0.4, -0.2) is 61.1 Å². The molecule has 0 aromatic heterocycles. The van der Waals surface area contributed by atoms with Gasteiger partial charge in [0, 0.05) is 25.2 Å². The average molecular weight is 461 g/mol. The van der Waals surface area contributed by atoms with Crippen molar-refractivity contribution in [3.05, 3.63) is 29.8 Å². The van der Waals surface area contributed by atoms with Gasteiger partial charge in [-0.2, -0.15) is 17.5 Å². The van der Waals surface area contributed by atoms with E-state index in [1.165, 1.54) is 0 Å². The summed E-state index contributed by atoms with van der Waals surface area (Å²) in [7, 11) is -3.91. The van der Waals surface area contributed by atoms with Crippen molar-refractivity contribution < 1.29 is 26.7 Å². The SMILES string of the molecule is O=S(=O)(c1ccc(C(F)(F)F)cc1)N1C[C@H]2CCCN3CCC[C@@H]([C@H]23)[C@H]1CCCCO. The first-order chi connectivity index (χ1) is 14.7. The Balaban J connectivity index is 1.66. The van der Waals surface area contributed by atoms with Crippen molar-refractivity contribution in [1.29, 1.82) is 0 Å². The molecule has 0 unspecified atom stereocenters. The molecule has 3 aliphatic rings. The molecule has 1 aromatic rings. The predicted octanol–water partition coefficient (Wildman–Crippen LogP) is 3.73. The minimum Gasteiger partial charge on any atom is -0.396 e. The molecule has 1 N–H and O–H groups in total. The molecular formula is C22H31F3N2O3S. The molecular weight excluding hydrogens is 429 g/mol. The molecule has 31 heavy (non-hydrogen) atoms. The van der Waals surface area contributed by atoms with Crippen LogP contribution in [0.1, 0.15) is 50.5 Å². The van der Waals surface area contributed by atoms with Crippen LogP contribution in [0.2, 0.25) is 0 Å². The van der Waals surface area contributed by atoms with Crippen LogP contribution in [0.4, 0.5) is 13.2 Å². The third-order valence-corrected chi connectivity index (χ3v) is 9.23. The van der Waals surface area contributed by atoms with Gasteiger partial charge in [0.05, 0.1) is 10.5 Å². The highest BCUT2D eigenvalue weighted by Crippen LogP contribution is 2.45. The first-order valence-corrected chi connectivity index (χ1v) is 12.7. The number of sulfonamides is 1. The topological polar surface area (TPSA) is 60.9 Å². The summed E-state index contributed by atoms with van der Waals surface area (Å²) in [5.41, 5.74) is -0.847. The molecule has 4 atom stereocenters. The Bertz CT molecular complexity index is 858. The summed E-state index contributed by atoms with van der Waals surface area (Å²) in [6.07, 6.45) is 1.57. The van der Waals surface area contributed by atoms with Crippen molar-refractivity contribution in [3.63, 3.8) is 0 Å².